The predicted molar refractivity (Wildman–Crippen MR) is 128 cm³/mol. The quantitative estimate of drug-likeness (QED) is 0.544. The molecule has 1 atom stereocenters. The number of nitrogens with zero attached hydrogens (tertiary/aromatic N) is 4. The van der Waals surface area contributed by atoms with E-state index in [1.807, 2.05) is 0 Å². The van der Waals surface area contributed by atoms with Crippen molar-refractivity contribution in [2.24, 2.45) is 5.73 Å². The van der Waals surface area contributed by atoms with E-state index in [0.29, 0.717) is 11.4 Å². The molecule has 1 aromatic heterocycles. The molecule has 0 spiro atoms. The number of methoxy groups -OCH3 is 2. The topological polar surface area (TPSA) is 123 Å². The lowest BCUT2D eigenvalue weighted by molar-refractivity contribution is -0.139. The smallest absolute Gasteiger partial charge is 0.355 e. The number of nitrogens with two attached hydrogens (primary N) is 1. The number of aryl methyl sites for hydroxylation is 1. The van der Waals surface area contributed by atoms with Gasteiger partial charge in [0.15, 0.2) is 0 Å². The number of carbonyl (C=O) groups is 2. The molecule has 3 aromatic rings. The maximum absolute atomic E-state index is 15.3. The summed E-state index contributed by atoms with van der Waals surface area (Å²) in [5.74, 6) is -3.00. The van der Waals surface area contributed by atoms with Crippen molar-refractivity contribution < 1.29 is 23.5 Å². The van der Waals surface area contributed by atoms with Crippen LogP contribution in [-0.4, -0.2) is 35.7 Å². The fourth-order valence-corrected chi connectivity index (χ4v) is 4.24. The molecule has 0 bridgehead atoms. The number of aromatic nitrogens is 2. The van der Waals surface area contributed by atoms with Crippen LogP contribution in [0.3, 0.4) is 0 Å². The highest BCUT2D eigenvalue weighted by molar-refractivity contribution is 6.06. The average molecular weight is 487 g/mol. The third kappa shape index (κ3) is 3.96. The molecule has 1 unspecified atom stereocenters. The molecular formula is C26H22FN5O4. The molecule has 10 heteroatoms. The Morgan fingerprint density at radius 3 is 2.36 bits per heavy atom. The lowest BCUT2D eigenvalue weighted by atomic mass is 9.81. The molecule has 1 aliphatic heterocycles. The molecule has 4 rings (SSSR count). The van der Waals surface area contributed by atoms with E-state index in [1.54, 1.807) is 48.0 Å². The Morgan fingerprint density at radius 2 is 1.81 bits per heavy atom. The molecule has 0 saturated carbocycles. The zero-order valence-corrected chi connectivity index (χ0v) is 19.7. The summed E-state index contributed by atoms with van der Waals surface area (Å²) in [5.41, 5.74) is 6.85. The zero-order valence-electron chi connectivity index (χ0n) is 19.7. The summed E-state index contributed by atoms with van der Waals surface area (Å²) in [7, 11) is 2.30. The van der Waals surface area contributed by atoms with Crippen LogP contribution in [0, 0.1) is 24.1 Å². The second-order valence-corrected chi connectivity index (χ2v) is 7.82. The number of nitriles is 1. The zero-order chi connectivity index (χ0) is 26.0. The molecule has 2 heterocycles. The summed E-state index contributed by atoms with van der Waals surface area (Å²) in [5, 5.41) is 10.1. The van der Waals surface area contributed by atoms with Crippen LogP contribution in [0.15, 0.2) is 83.6 Å². The SMILES string of the molecule is COC(=O)C1=C(C(=O)OC)N(c2ccc(-n3ccnc3C)c(F)c2)C(N)=C(C#N)C1c1ccccc1. The van der Waals surface area contributed by atoms with E-state index in [4.69, 9.17) is 15.2 Å². The van der Waals surface area contributed by atoms with Gasteiger partial charge in [0.25, 0.3) is 0 Å². The Balaban J connectivity index is 2.00. The van der Waals surface area contributed by atoms with Gasteiger partial charge < -0.3 is 19.8 Å². The minimum Gasteiger partial charge on any atom is -0.466 e. The maximum atomic E-state index is 15.3. The van der Waals surface area contributed by atoms with Crippen molar-refractivity contribution in [3.8, 4) is 11.8 Å². The summed E-state index contributed by atoms with van der Waals surface area (Å²) >= 11 is 0. The first-order valence-corrected chi connectivity index (χ1v) is 10.8. The first kappa shape index (κ1) is 24.2. The first-order chi connectivity index (χ1) is 17.3. The van der Waals surface area contributed by atoms with Gasteiger partial charge in [-0.25, -0.2) is 19.0 Å². The van der Waals surface area contributed by atoms with Crippen LogP contribution in [0.25, 0.3) is 5.69 Å². The van der Waals surface area contributed by atoms with E-state index in [0.717, 1.165) is 25.2 Å². The van der Waals surface area contributed by atoms with Crippen molar-refractivity contribution in [3.05, 3.63) is 101 Å². The van der Waals surface area contributed by atoms with Crippen LogP contribution in [0.5, 0.6) is 0 Å². The predicted octanol–water partition coefficient (Wildman–Crippen LogP) is 3.22. The van der Waals surface area contributed by atoms with Crippen molar-refractivity contribution in [2.45, 2.75) is 12.8 Å². The van der Waals surface area contributed by atoms with Crippen LogP contribution < -0.4 is 10.6 Å². The normalized spacial score (nSPS) is 15.5. The monoisotopic (exact) mass is 487 g/mol. The lowest BCUT2D eigenvalue weighted by Gasteiger charge is -2.36. The number of rotatable bonds is 5. The Kier molecular flexibility index (Phi) is 6.56. The standard InChI is InChI=1S/C26H22FN5O4/c1-15-30-11-12-31(15)20-10-9-17(13-19(20)27)32-23(26(34)36-3)22(25(33)35-2)21(18(14-28)24(32)29)16-7-5-4-6-8-16/h4-13,21H,29H2,1-3H3. The molecule has 1 aliphatic rings. The number of imidazole rings is 1. The molecule has 2 N–H and O–H groups in total. The van der Waals surface area contributed by atoms with E-state index >= 15 is 4.39 Å². The van der Waals surface area contributed by atoms with Crippen molar-refractivity contribution in [2.75, 3.05) is 19.1 Å². The highest BCUT2D eigenvalue weighted by Crippen LogP contribution is 2.43. The minimum atomic E-state index is -1.01. The highest BCUT2D eigenvalue weighted by atomic mass is 19.1. The molecule has 182 valence electrons. The second kappa shape index (κ2) is 9.76. The highest BCUT2D eigenvalue weighted by Gasteiger charge is 2.43. The first-order valence-electron chi connectivity index (χ1n) is 10.8. The average Bonchev–Trinajstić information content (AvgIpc) is 3.32. The van der Waals surface area contributed by atoms with Gasteiger partial charge in [-0.05, 0) is 24.6 Å². The van der Waals surface area contributed by atoms with Gasteiger partial charge in [0.05, 0.1) is 48.7 Å². The van der Waals surface area contributed by atoms with Gasteiger partial charge in [-0.15, -0.1) is 0 Å². The van der Waals surface area contributed by atoms with Crippen LogP contribution in [0.2, 0.25) is 0 Å². The molecule has 9 nitrogen and oxygen atoms in total. The minimum absolute atomic E-state index is 0.0100. The third-order valence-corrected chi connectivity index (χ3v) is 5.89. The number of carbonyl (C=O) groups excluding carboxylic acids is 2. The maximum Gasteiger partial charge on any atom is 0.355 e. The van der Waals surface area contributed by atoms with Crippen LogP contribution in [0.1, 0.15) is 17.3 Å². The lowest BCUT2D eigenvalue weighted by Crippen LogP contribution is -2.40. The van der Waals surface area contributed by atoms with Crippen LogP contribution >= 0.6 is 0 Å². The van der Waals surface area contributed by atoms with Gasteiger partial charge in [-0.3, -0.25) is 4.90 Å². The van der Waals surface area contributed by atoms with Crippen molar-refractivity contribution >= 4 is 17.6 Å². The molecule has 2 aromatic carbocycles. The third-order valence-electron chi connectivity index (χ3n) is 5.89. The molecule has 0 amide bonds. The van der Waals surface area contributed by atoms with Gasteiger partial charge in [0.2, 0.25) is 0 Å². The Labute approximate surface area is 206 Å². The van der Waals surface area contributed by atoms with Crippen LogP contribution in [0.4, 0.5) is 10.1 Å². The van der Waals surface area contributed by atoms with E-state index < -0.39 is 23.7 Å². The molecule has 0 fully saturated rings. The fourth-order valence-electron chi connectivity index (χ4n) is 4.24. The van der Waals surface area contributed by atoms with E-state index in [-0.39, 0.29) is 34.0 Å². The number of benzene rings is 2. The fraction of sp³-hybridized carbons (Fsp3) is 0.154. The molecular weight excluding hydrogens is 465 g/mol. The van der Waals surface area contributed by atoms with Crippen LogP contribution in [-0.2, 0) is 19.1 Å². The number of halogens is 1. The number of allylic oxidation sites excluding steroid dienone is 1. The molecule has 0 aliphatic carbocycles. The van der Waals surface area contributed by atoms with Gasteiger partial charge in [-0.1, -0.05) is 30.3 Å². The number of hydrogen-bond acceptors (Lipinski definition) is 8. The van der Waals surface area contributed by atoms with Gasteiger partial charge in [-0.2, -0.15) is 5.26 Å². The van der Waals surface area contributed by atoms with Gasteiger partial charge in [0.1, 0.15) is 23.2 Å². The number of anilines is 1. The summed E-state index contributed by atoms with van der Waals surface area (Å²) in [4.78, 5) is 31.4. The van der Waals surface area contributed by atoms with E-state index in [2.05, 4.69) is 11.1 Å². The number of hydrogen-bond donors (Lipinski definition) is 1. The van der Waals surface area contributed by atoms with E-state index in [9.17, 15) is 14.9 Å². The van der Waals surface area contributed by atoms with Gasteiger partial charge >= 0.3 is 11.9 Å². The largest absolute Gasteiger partial charge is 0.466 e. The van der Waals surface area contributed by atoms with E-state index in [1.165, 1.54) is 18.3 Å². The summed E-state index contributed by atoms with van der Waals surface area (Å²) < 4.78 is 26.8. The second-order valence-electron chi connectivity index (χ2n) is 7.82. The van der Waals surface area contributed by atoms with Crippen molar-refractivity contribution in [1.29, 1.82) is 5.26 Å². The Bertz CT molecular complexity index is 1450. The summed E-state index contributed by atoms with van der Waals surface area (Å²) in [6.45, 7) is 1.72. The molecule has 36 heavy (non-hydrogen) atoms. The van der Waals surface area contributed by atoms with Crippen molar-refractivity contribution in [3.63, 3.8) is 0 Å². The number of esters is 2. The number of ether oxygens (including phenoxy) is 2. The Morgan fingerprint density at radius 1 is 1.11 bits per heavy atom. The Hall–Kier alpha value is -4.91. The van der Waals surface area contributed by atoms with Crippen molar-refractivity contribution in [1.82, 2.24) is 9.55 Å². The molecule has 0 radical (unpaired) electrons. The summed E-state index contributed by atoms with van der Waals surface area (Å²) in [6, 6.07) is 14.8. The van der Waals surface area contributed by atoms with Gasteiger partial charge in [0, 0.05) is 18.5 Å². The molecule has 0 saturated heterocycles. The summed E-state index contributed by atoms with van der Waals surface area (Å²) in [6.07, 6.45) is 3.15.